The molecular formula is C27H34N2O2. The van der Waals surface area contributed by atoms with E-state index >= 15 is 0 Å². The van der Waals surface area contributed by atoms with Crippen LogP contribution in [0, 0.1) is 0 Å². The van der Waals surface area contributed by atoms with Gasteiger partial charge >= 0.3 is 0 Å². The number of ether oxygens (including phenoxy) is 1. The van der Waals surface area contributed by atoms with E-state index in [-0.39, 0.29) is 0 Å². The Kier molecular flexibility index (Phi) is 8.24. The molecule has 164 valence electrons. The van der Waals surface area contributed by atoms with E-state index in [1.165, 1.54) is 5.56 Å². The minimum Gasteiger partial charge on any atom is -0.497 e. The number of methoxy groups -OCH3 is 1. The molecule has 0 heterocycles. The summed E-state index contributed by atoms with van der Waals surface area (Å²) in [5, 5.41) is 11.8. The van der Waals surface area contributed by atoms with Crippen LogP contribution in [0.5, 0.6) is 5.75 Å². The van der Waals surface area contributed by atoms with E-state index < -0.39 is 5.60 Å². The molecule has 0 saturated carbocycles. The summed E-state index contributed by atoms with van der Waals surface area (Å²) >= 11 is 0. The van der Waals surface area contributed by atoms with Gasteiger partial charge in [0, 0.05) is 26.2 Å². The van der Waals surface area contributed by atoms with Gasteiger partial charge in [-0.15, -0.1) is 0 Å². The highest BCUT2D eigenvalue weighted by atomic mass is 16.5. The third-order valence-corrected chi connectivity index (χ3v) is 5.83. The van der Waals surface area contributed by atoms with Crippen molar-refractivity contribution in [2.45, 2.75) is 18.6 Å². The van der Waals surface area contributed by atoms with Crippen LogP contribution in [-0.4, -0.2) is 55.7 Å². The van der Waals surface area contributed by atoms with E-state index in [0.29, 0.717) is 6.42 Å². The van der Waals surface area contributed by atoms with Crippen LogP contribution in [0.4, 0.5) is 0 Å². The summed E-state index contributed by atoms with van der Waals surface area (Å²) in [4.78, 5) is 4.62. The summed E-state index contributed by atoms with van der Waals surface area (Å²) in [5.74, 6) is 0.790. The standard InChI is InChI=1S/C27H34N2O2/c1-28(20-21-29(2)22-23-10-6-4-7-11-23)19-18-27(30,24-12-8-5-9-13-24)25-14-16-26(31-3)17-15-25/h4-17,30H,18-22H2,1-3H3. The zero-order valence-corrected chi connectivity index (χ0v) is 18.9. The van der Waals surface area contributed by atoms with Gasteiger partial charge in [-0.2, -0.15) is 0 Å². The molecule has 31 heavy (non-hydrogen) atoms. The van der Waals surface area contributed by atoms with Crippen molar-refractivity contribution in [3.8, 4) is 5.75 Å². The Balaban J connectivity index is 1.62. The average Bonchev–Trinajstić information content (AvgIpc) is 2.82. The first-order valence-corrected chi connectivity index (χ1v) is 10.8. The van der Waals surface area contributed by atoms with Crippen molar-refractivity contribution in [2.24, 2.45) is 0 Å². The largest absolute Gasteiger partial charge is 0.497 e. The second-order valence-electron chi connectivity index (χ2n) is 8.23. The van der Waals surface area contributed by atoms with Gasteiger partial charge in [-0.3, -0.25) is 0 Å². The Morgan fingerprint density at radius 1 is 0.710 bits per heavy atom. The van der Waals surface area contributed by atoms with Crippen molar-refractivity contribution < 1.29 is 9.84 Å². The molecule has 3 aromatic carbocycles. The van der Waals surface area contributed by atoms with Gasteiger partial charge in [0.15, 0.2) is 0 Å². The molecule has 0 aliphatic carbocycles. The molecule has 0 spiro atoms. The van der Waals surface area contributed by atoms with E-state index in [1.807, 2.05) is 60.7 Å². The van der Waals surface area contributed by atoms with Gasteiger partial charge in [-0.1, -0.05) is 72.8 Å². The Hall–Kier alpha value is -2.66. The van der Waals surface area contributed by atoms with Crippen molar-refractivity contribution in [3.63, 3.8) is 0 Å². The van der Waals surface area contributed by atoms with Gasteiger partial charge in [-0.05, 0) is 49.3 Å². The van der Waals surface area contributed by atoms with Crippen LogP contribution in [-0.2, 0) is 12.1 Å². The van der Waals surface area contributed by atoms with Gasteiger partial charge in [0.1, 0.15) is 11.4 Å². The van der Waals surface area contributed by atoms with E-state index in [2.05, 4.69) is 48.2 Å². The number of aliphatic hydroxyl groups is 1. The molecule has 0 amide bonds. The number of likely N-dealkylation sites (N-methyl/N-ethyl adjacent to an activating group) is 2. The van der Waals surface area contributed by atoms with Crippen LogP contribution in [0.2, 0.25) is 0 Å². The summed E-state index contributed by atoms with van der Waals surface area (Å²) in [5.41, 5.74) is 2.08. The minimum atomic E-state index is -1.04. The van der Waals surface area contributed by atoms with E-state index in [9.17, 15) is 5.11 Å². The maximum absolute atomic E-state index is 11.8. The lowest BCUT2D eigenvalue weighted by Crippen LogP contribution is -2.36. The summed E-state index contributed by atoms with van der Waals surface area (Å²) in [6.45, 7) is 3.64. The molecule has 0 saturated heterocycles. The molecule has 0 aliphatic heterocycles. The lowest BCUT2D eigenvalue weighted by Gasteiger charge is -2.32. The normalized spacial score (nSPS) is 13.4. The molecule has 1 unspecified atom stereocenters. The minimum absolute atomic E-state index is 0.613. The first kappa shape index (κ1) is 23.0. The summed E-state index contributed by atoms with van der Waals surface area (Å²) in [6.07, 6.45) is 0.613. The van der Waals surface area contributed by atoms with Crippen LogP contribution in [0.1, 0.15) is 23.1 Å². The fourth-order valence-corrected chi connectivity index (χ4v) is 3.82. The maximum atomic E-state index is 11.8. The Bertz CT molecular complexity index is 900. The summed E-state index contributed by atoms with van der Waals surface area (Å²) < 4.78 is 5.29. The number of benzene rings is 3. The zero-order valence-electron chi connectivity index (χ0n) is 18.9. The van der Waals surface area contributed by atoms with Crippen molar-refractivity contribution in [3.05, 3.63) is 102 Å². The molecule has 0 radical (unpaired) electrons. The second-order valence-corrected chi connectivity index (χ2v) is 8.23. The van der Waals surface area contributed by atoms with E-state index in [1.54, 1.807) is 7.11 Å². The Morgan fingerprint density at radius 3 is 1.87 bits per heavy atom. The smallest absolute Gasteiger partial charge is 0.118 e. The number of nitrogens with zero attached hydrogens (tertiary/aromatic N) is 2. The first-order valence-electron chi connectivity index (χ1n) is 10.8. The fourth-order valence-electron chi connectivity index (χ4n) is 3.82. The molecule has 1 atom stereocenters. The fraction of sp³-hybridized carbons (Fsp3) is 0.333. The van der Waals surface area contributed by atoms with Gasteiger partial charge in [0.25, 0.3) is 0 Å². The third-order valence-electron chi connectivity index (χ3n) is 5.83. The van der Waals surface area contributed by atoms with Crippen LogP contribution in [0.25, 0.3) is 0 Å². The third kappa shape index (κ3) is 6.41. The topological polar surface area (TPSA) is 35.9 Å². The van der Waals surface area contributed by atoms with E-state index in [4.69, 9.17) is 4.74 Å². The zero-order chi connectivity index (χ0) is 22.1. The lowest BCUT2D eigenvalue weighted by atomic mass is 9.83. The van der Waals surface area contributed by atoms with Gasteiger partial charge in [0.05, 0.1) is 7.11 Å². The highest BCUT2D eigenvalue weighted by molar-refractivity contribution is 5.38. The van der Waals surface area contributed by atoms with Crippen molar-refractivity contribution in [2.75, 3.05) is 40.8 Å². The molecule has 4 nitrogen and oxygen atoms in total. The monoisotopic (exact) mass is 418 g/mol. The maximum Gasteiger partial charge on any atom is 0.118 e. The quantitative estimate of drug-likeness (QED) is 0.501. The number of hydrogen-bond acceptors (Lipinski definition) is 4. The van der Waals surface area contributed by atoms with Gasteiger partial charge < -0.3 is 19.6 Å². The van der Waals surface area contributed by atoms with Crippen molar-refractivity contribution in [1.29, 1.82) is 0 Å². The number of rotatable bonds is 11. The highest BCUT2D eigenvalue weighted by Gasteiger charge is 2.31. The van der Waals surface area contributed by atoms with Crippen LogP contribution < -0.4 is 4.74 Å². The molecule has 4 heteroatoms. The van der Waals surface area contributed by atoms with Gasteiger partial charge in [0.2, 0.25) is 0 Å². The molecule has 1 N–H and O–H groups in total. The van der Waals surface area contributed by atoms with Gasteiger partial charge in [-0.25, -0.2) is 0 Å². The first-order chi connectivity index (χ1) is 15.0. The second kappa shape index (κ2) is 11.1. The SMILES string of the molecule is COc1ccc(C(O)(CCN(C)CCN(C)Cc2ccccc2)c2ccccc2)cc1. The summed E-state index contributed by atoms with van der Waals surface area (Å²) in [7, 11) is 5.93. The molecule has 0 aliphatic rings. The molecule has 0 fully saturated rings. The van der Waals surface area contributed by atoms with E-state index in [0.717, 1.165) is 43.1 Å². The average molecular weight is 419 g/mol. The van der Waals surface area contributed by atoms with Crippen LogP contribution in [0.15, 0.2) is 84.9 Å². The molecule has 0 bridgehead atoms. The van der Waals surface area contributed by atoms with Crippen molar-refractivity contribution in [1.82, 2.24) is 9.80 Å². The lowest BCUT2D eigenvalue weighted by molar-refractivity contribution is 0.0594. The molecule has 3 rings (SSSR count). The molecular weight excluding hydrogens is 384 g/mol. The summed E-state index contributed by atoms with van der Waals surface area (Å²) in [6, 6.07) is 28.2. The predicted octanol–water partition coefficient (Wildman–Crippen LogP) is 4.39. The predicted molar refractivity (Wildman–Crippen MR) is 127 cm³/mol. The van der Waals surface area contributed by atoms with Crippen molar-refractivity contribution >= 4 is 0 Å². The highest BCUT2D eigenvalue weighted by Crippen LogP contribution is 2.34. The Labute approximate surface area is 186 Å². The Morgan fingerprint density at radius 2 is 1.26 bits per heavy atom. The molecule has 0 aromatic heterocycles. The number of hydrogen-bond donors (Lipinski definition) is 1. The van der Waals surface area contributed by atoms with Crippen LogP contribution >= 0.6 is 0 Å². The molecule has 3 aromatic rings. The van der Waals surface area contributed by atoms with Crippen LogP contribution in [0.3, 0.4) is 0 Å².